The molecule has 0 aromatic heterocycles. The average molecular weight is 396 g/mol. The van der Waals surface area contributed by atoms with E-state index < -0.39 is 0 Å². The Kier molecular flexibility index (Phi) is 5.46. The number of amides is 1. The molecule has 122 valence electrons. The fourth-order valence-electron chi connectivity index (χ4n) is 2.10. The second-order valence-corrected chi connectivity index (χ2v) is 7.47. The van der Waals surface area contributed by atoms with E-state index in [-0.39, 0.29) is 5.91 Å². The third kappa shape index (κ3) is 4.11. The minimum absolute atomic E-state index is 0.221. The van der Waals surface area contributed by atoms with E-state index in [2.05, 4.69) is 5.32 Å². The summed E-state index contributed by atoms with van der Waals surface area (Å²) in [5.74, 6) is 0.199. The molecule has 0 bridgehead atoms. The molecule has 1 heterocycles. The molecule has 0 radical (unpaired) electrons. The Morgan fingerprint density at radius 1 is 1.17 bits per heavy atom. The minimum Gasteiger partial charge on any atom is -0.486 e. The second-order valence-electron chi connectivity index (χ2n) is 4.94. The SMILES string of the molecule is O=C1NC(=S)SC1=Cc1cc(Cl)c(OCc2ccccc2)c(Cl)c1. The highest BCUT2D eigenvalue weighted by Gasteiger charge is 2.22. The zero-order chi connectivity index (χ0) is 17.1. The van der Waals surface area contributed by atoms with Gasteiger partial charge >= 0.3 is 0 Å². The molecule has 1 N–H and O–H groups in total. The molecule has 2 aromatic rings. The molecule has 2 aromatic carbocycles. The number of carbonyl (C=O) groups excluding carboxylic acids is 1. The van der Waals surface area contributed by atoms with Crippen molar-refractivity contribution < 1.29 is 9.53 Å². The van der Waals surface area contributed by atoms with Gasteiger partial charge in [0.25, 0.3) is 5.91 Å². The monoisotopic (exact) mass is 395 g/mol. The summed E-state index contributed by atoms with van der Waals surface area (Å²) in [5.41, 5.74) is 1.72. The molecule has 3 rings (SSSR count). The van der Waals surface area contributed by atoms with E-state index in [0.717, 1.165) is 5.56 Å². The van der Waals surface area contributed by atoms with Crippen LogP contribution in [0.15, 0.2) is 47.4 Å². The number of hydrogen-bond donors (Lipinski definition) is 1. The molecule has 1 saturated heterocycles. The van der Waals surface area contributed by atoms with E-state index in [9.17, 15) is 4.79 Å². The van der Waals surface area contributed by atoms with Gasteiger partial charge in [-0.2, -0.15) is 0 Å². The van der Waals surface area contributed by atoms with Crippen LogP contribution in [0.1, 0.15) is 11.1 Å². The van der Waals surface area contributed by atoms with Crippen LogP contribution in [0.5, 0.6) is 5.75 Å². The maximum atomic E-state index is 11.7. The van der Waals surface area contributed by atoms with E-state index in [1.165, 1.54) is 11.8 Å². The van der Waals surface area contributed by atoms with Gasteiger partial charge in [-0.1, -0.05) is 77.5 Å². The number of carbonyl (C=O) groups is 1. The van der Waals surface area contributed by atoms with Gasteiger partial charge in [-0.15, -0.1) is 0 Å². The van der Waals surface area contributed by atoms with Crippen LogP contribution in [0.3, 0.4) is 0 Å². The van der Waals surface area contributed by atoms with Crippen LogP contribution in [0.25, 0.3) is 6.08 Å². The number of benzene rings is 2. The molecule has 0 unspecified atom stereocenters. The highest BCUT2D eigenvalue weighted by atomic mass is 35.5. The Bertz CT molecular complexity index is 815. The van der Waals surface area contributed by atoms with E-state index in [1.54, 1.807) is 18.2 Å². The van der Waals surface area contributed by atoms with Crippen molar-refractivity contribution in [2.75, 3.05) is 0 Å². The van der Waals surface area contributed by atoms with Gasteiger partial charge in [0.15, 0.2) is 5.75 Å². The zero-order valence-electron chi connectivity index (χ0n) is 12.2. The first-order valence-electron chi connectivity index (χ1n) is 6.93. The Morgan fingerprint density at radius 3 is 2.42 bits per heavy atom. The van der Waals surface area contributed by atoms with Gasteiger partial charge in [-0.05, 0) is 29.3 Å². The molecule has 0 spiro atoms. The molecular formula is C17H11Cl2NO2S2. The summed E-state index contributed by atoms with van der Waals surface area (Å²) in [5, 5.41) is 3.33. The molecule has 0 aliphatic carbocycles. The molecule has 0 saturated carbocycles. The summed E-state index contributed by atoms with van der Waals surface area (Å²) < 4.78 is 6.16. The van der Waals surface area contributed by atoms with Gasteiger partial charge in [-0.3, -0.25) is 4.79 Å². The molecule has 1 fully saturated rings. The maximum Gasteiger partial charge on any atom is 0.263 e. The summed E-state index contributed by atoms with van der Waals surface area (Å²) in [6, 6.07) is 13.1. The van der Waals surface area contributed by atoms with Crippen molar-refractivity contribution in [2.45, 2.75) is 6.61 Å². The van der Waals surface area contributed by atoms with Crippen LogP contribution in [0.4, 0.5) is 0 Å². The first kappa shape index (κ1) is 17.3. The van der Waals surface area contributed by atoms with Crippen LogP contribution < -0.4 is 10.1 Å². The van der Waals surface area contributed by atoms with Gasteiger partial charge in [0.1, 0.15) is 10.9 Å². The number of halogens is 2. The van der Waals surface area contributed by atoms with Gasteiger partial charge in [0, 0.05) is 0 Å². The van der Waals surface area contributed by atoms with Gasteiger partial charge < -0.3 is 10.1 Å². The van der Waals surface area contributed by atoms with E-state index in [4.69, 9.17) is 40.2 Å². The van der Waals surface area contributed by atoms with Crippen molar-refractivity contribution in [1.29, 1.82) is 0 Å². The van der Waals surface area contributed by atoms with Crippen LogP contribution in [-0.2, 0) is 11.4 Å². The van der Waals surface area contributed by atoms with Crippen LogP contribution in [-0.4, -0.2) is 10.2 Å². The molecule has 1 aliphatic rings. The lowest BCUT2D eigenvalue weighted by molar-refractivity contribution is -0.115. The van der Waals surface area contributed by atoms with Crippen molar-refractivity contribution in [3.63, 3.8) is 0 Å². The predicted octanol–water partition coefficient (Wildman–Crippen LogP) is 5.06. The van der Waals surface area contributed by atoms with Crippen LogP contribution >= 0.6 is 47.2 Å². The lowest BCUT2D eigenvalue weighted by atomic mass is 10.2. The van der Waals surface area contributed by atoms with Crippen LogP contribution in [0.2, 0.25) is 10.0 Å². The highest BCUT2D eigenvalue weighted by Crippen LogP contribution is 2.36. The summed E-state index contributed by atoms with van der Waals surface area (Å²) >= 11 is 18.7. The molecule has 7 heteroatoms. The standard InChI is InChI=1S/C17H11Cl2NO2S2/c18-12-6-11(8-14-16(21)20-17(23)24-14)7-13(19)15(12)22-9-10-4-2-1-3-5-10/h1-8H,9H2,(H,20,21,23). The first-order valence-corrected chi connectivity index (χ1v) is 8.91. The molecule has 3 nitrogen and oxygen atoms in total. The number of thioether (sulfide) groups is 1. The summed E-state index contributed by atoms with van der Waals surface area (Å²) in [6.07, 6.45) is 1.69. The molecule has 24 heavy (non-hydrogen) atoms. The number of rotatable bonds is 4. The quantitative estimate of drug-likeness (QED) is 0.579. The maximum absolute atomic E-state index is 11.7. The van der Waals surface area contributed by atoms with Crippen molar-refractivity contribution in [3.8, 4) is 5.75 Å². The fourth-order valence-corrected chi connectivity index (χ4v) is 3.76. The van der Waals surface area contributed by atoms with E-state index in [0.29, 0.717) is 37.2 Å². The number of thiocarbonyl (C=S) groups is 1. The Morgan fingerprint density at radius 2 is 1.83 bits per heavy atom. The Balaban J connectivity index is 1.80. The lowest BCUT2D eigenvalue weighted by Crippen LogP contribution is -2.17. The third-order valence-corrected chi connectivity index (χ3v) is 4.91. The highest BCUT2D eigenvalue weighted by molar-refractivity contribution is 8.26. The van der Waals surface area contributed by atoms with Crippen molar-refractivity contribution in [1.82, 2.24) is 5.32 Å². The molecular weight excluding hydrogens is 385 g/mol. The fraction of sp³-hybridized carbons (Fsp3) is 0.0588. The average Bonchev–Trinajstić information content (AvgIpc) is 2.85. The number of hydrogen-bond acceptors (Lipinski definition) is 4. The summed E-state index contributed by atoms with van der Waals surface area (Å²) in [7, 11) is 0. The Labute approximate surface area is 159 Å². The van der Waals surface area contributed by atoms with Crippen molar-refractivity contribution in [2.24, 2.45) is 0 Å². The third-order valence-electron chi connectivity index (χ3n) is 3.19. The van der Waals surface area contributed by atoms with Crippen molar-refractivity contribution >= 4 is 63.5 Å². The molecule has 1 aliphatic heterocycles. The topological polar surface area (TPSA) is 38.3 Å². The molecule has 1 amide bonds. The van der Waals surface area contributed by atoms with E-state index in [1.807, 2.05) is 30.3 Å². The largest absolute Gasteiger partial charge is 0.486 e. The number of ether oxygens (including phenoxy) is 1. The van der Waals surface area contributed by atoms with Gasteiger partial charge in [0.05, 0.1) is 15.0 Å². The molecule has 0 atom stereocenters. The predicted molar refractivity (Wildman–Crippen MR) is 104 cm³/mol. The van der Waals surface area contributed by atoms with Crippen LogP contribution in [0, 0.1) is 0 Å². The lowest BCUT2D eigenvalue weighted by Gasteiger charge is -2.11. The summed E-state index contributed by atoms with van der Waals surface area (Å²) in [6.45, 7) is 0.368. The Hall–Kier alpha value is -1.53. The number of nitrogens with one attached hydrogen (secondary N) is 1. The minimum atomic E-state index is -0.221. The van der Waals surface area contributed by atoms with Crippen molar-refractivity contribution in [3.05, 3.63) is 68.5 Å². The van der Waals surface area contributed by atoms with E-state index >= 15 is 0 Å². The first-order chi connectivity index (χ1) is 11.5. The van der Waals surface area contributed by atoms with Gasteiger partial charge in [-0.25, -0.2) is 0 Å². The summed E-state index contributed by atoms with van der Waals surface area (Å²) in [4.78, 5) is 12.2. The second kappa shape index (κ2) is 7.57. The van der Waals surface area contributed by atoms with Gasteiger partial charge in [0.2, 0.25) is 0 Å². The smallest absolute Gasteiger partial charge is 0.263 e. The normalized spacial score (nSPS) is 15.7. The zero-order valence-corrected chi connectivity index (χ0v) is 15.4.